The summed E-state index contributed by atoms with van der Waals surface area (Å²) in [5, 5.41) is 0. The second-order valence-corrected chi connectivity index (χ2v) is 10.6. The zero-order valence-corrected chi connectivity index (χ0v) is 21.0. The molecule has 2 aromatic carbocycles. The van der Waals surface area contributed by atoms with Crippen molar-refractivity contribution in [3.05, 3.63) is 93.7 Å². The summed E-state index contributed by atoms with van der Waals surface area (Å²) in [4.78, 5) is 32.0. The van der Waals surface area contributed by atoms with Gasteiger partial charge in [-0.25, -0.2) is 4.79 Å². The first-order chi connectivity index (χ1) is 16.9. The van der Waals surface area contributed by atoms with Gasteiger partial charge >= 0.3 is 5.97 Å². The van der Waals surface area contributed by atoms with E-state index >= 15 is 0 Å². The van der Waals surface area contributed by atoms with Gasteiger partial charge in [0.1, 0.15) is 11.9 Å². The Morgan fingerprint density at radius 2 is 1.83 bits per heavy atom. The summed E-state index contributed by atoms with van der Waals surface area (Å²) >= 11 is 3.46. The number of benzene rings is 2. The van der Waals surface area contributed by atoms with E-state index in [0.717, 1.165) is 39.8 Å². The third-order valence-electron chi connectivity index (χ3n) is 7.56. The SMILES string of the molecule is CC(Oc1ccc(C2(C(=O)N3CCC4(C3)OC(=O)c3cnccc34)CC2)cc1)c1ccc(Br)cc1. The van der Waals surface area contributed by atoms with Gasteiger partial charge in [0.15, 0.2) is 5.60 Å². The number of esters is 1. The molecule has 2 unspecified atom stereocenters. The zero-order chi connectivity index (χ0) is 24.2. The van der Waals surface area contributed by atoms with Crippen LogP contribution in [0.25, 0.3) is 0 Å². The number of pyridine rings is 1. The van der Waals surface area contributed by atoms with Crippen LogP contribution in [-0.4, -0.2) is 34.8 Å². The zero-order valence-electron chi connectivity index (χ0n) is 19.4. The number of rotatable bonds is 5. The molecule has 3 aromatic rings. The molecule has 3 heterocycles. The van der Waals surface area contributed by atoms with Crippen molar-refractivity contribution >= 4 is 27.8 Å². The molecule has 6 rings (SSSR count). The standard InChI is InChI=1S/C28H25BrN2O4/c1-18(19-2-6-21(29)7-3-19)34-22-8-4-20(5-9-22)27(11-12-27)26(33)31-15-13-28(17-31)24-10-14-30-16-23(24)25(32)35-28/h2-10,14,16,18H,11-13,15,17H2,1H3. The maximum Gasteiger partial charge on any atom is 0.341 e. The summed E-state index contributed by atoms with van der Waals surface area (Å²) in [6.45, 7) is 2.99. The van der Waals surface area contributed by atoms with Gasteiger partial charge in [-0.1, -0.05) is 40.2 Å². The van der Waals surface area contributed by atoms with Crippen molar-refractivity contribution in [3.8, 4) is 5.75 Å². The average Bonchev–Trinajstić information content (AvgIpc) is 3.50. The smallest absolute Gasteiger partial charge is 0.341 e. The largest absolute Gasteiger partial charge is 0.486 e. The summed E-state index contributed by atoms with van der Waals surface area (Å²) in [6.07, 6.45) is 5.41. The van der Waals surface area contributed by atoms with Crippen LogP contribution in [0.15, 0.2) is 71.5 Å². The number of fused-ring (bicyclic) bond motifs is 2. The molecule has 1 amide bonds. The van der Waals surface area contributed by atoms with Crippen LogP contribution >= 0.6 is 15.9 Å². The average molecular weight is 533 g/mol. The Balaban J connectivity index is 1.16. The van der Waals surface area contributed by atoms with Crippen LogP contribution in [0.5, 0.6) is 5.75 Å². The first-order valence-corrected chi connectivity index (χ1v) is 12.7. The van der Waals surface area contributed by atoms with Crippen LogP contribution in [0, 0.1) is 0 Å². The van der Waals surface area contributed by atoms with Gasteiger partial charge in [0.05, 0.1) is 17.5 Å². The molecule has 0 bridgehead atoms. The van der Waals surface area contributed by atoms with E-state index in [-0.39, 0.29) is 18.0 Å². The lowest BCUT2D eigenvalue weighted by Gasteiger charge is -2.27. The molecule has 0 radical (unpaired) electrons. The molecule has 2 atom stereocenters. The molecular formula is C28H25BrN2O4. The molecule has 1 aromatic heterocycles. The Hall–Kier alpha value is -3.19. The lowest BCUT2D eigenvalue weighted by atomic mass is 9.92. The molecule has 1 spiro atoms. The normalized spacial score (nSPS) is 22.6. The third-order valence-corrected chi connectivity index (χ3v) is 8.09. The minimum Gasteiger partial charge on any atom is -0.486 e. The number of carbonyl (C=O) groups is 2. The van der Waals surface area contributed by atoms with Gasteiger partial charge in [-0.15, -0.1) is 0 Å². The topological polar surface area (TPSA) is 68.7 Å². The van der Waals surface area contributed by atoms with E-state index in [0.29, 0.717) is 25.1 Å². The Kier molecular flexibility index (Phi) is 5.22. The Morgan fingerprint density at radius 3 is 2.54 bits per heavy atom. The second kappa shape index (κ2) is 8.19. The molecule has 1 saturated carbocycles. The number of carbonyl (C=O) groups excluding carboxylic acids is 2. The van der Waals surface area contributed by atoms with Crippen LogP contribution in [0.2, 0.25) is 0 Å². The van der Waals surface area contributed by atoms with Gasteiger partial charge in [-0.3, -0.25) is 9.78 Å². The van der Waals surface area contributed by atoms with Crippen molar-refractivity contribution in [2.45, 2.75) is 43.3 Å². The molecule has 35 heavy (non-hydrogen) atoms. The van der Waals surface area contributed by atoms with Crippen LogP contribution < -0.4 is 4.74 Å². The van der Waals surface area contributed by atoms with Crippen LogP contribution in [0.3, 0.4) is 0 Å². The highest BCUT2D eigenvalue weighted by Crippen LogP contribution is 2.52. The van der Waals surface area contributed by atoms with Gasteiger partial charge in [-0.2, -0.15) is 0 Å². The molecule has 3 aliphatic rings. The first-order valence-electron chi connectivity index (χ1n) is 11.9. The molecule has 7 heteroatoms. The molecule has 1 aliphatic carbocycles. The number of likely N-dealkylation sites (tertiary alicyclic amines) is 1. The fraction of sp³-hybridized carbons (Fsp3) is 0.321. The van der Waals surface area contributed by atoms with Crippen molar-refractivity contribution in [2.24, 2.45) is 0 Å². The van der Waals surface area contributed by atoms with Crippen molar-refractivity contribution in [1.29, 1.82) is 0 Å². The molecule has 2 aliphatic heterocycles. The minimum absolute atomic E-state index is 0.0848. The predicted molar refractivity (Wildman–Crippen MR) is 133 cm³/mol. The van der Waals surface area contributed by atoms with E-state index in [1.165, 1.54) is 0 Å². The van der Waals surface area contributed by atoms with E-state index in [2.05, 4.69) is 20.9 Å². The number of aromatic nitrogens is 1. The van der Waals surface area contributed by atoms with Crippen LogP contribution in [0.4, 0.5) is 0 Å². The monoisotopic (exact) mass is 532 g/mol. The highest BCUT2D eigenvalue weighted by atomic mass is 79.9. The summed E-state index contributed by atoms with van der Waals surface area (Å²) < 4.78 is 13.0. The summed E-state index contributed by atoms with van der Waals surface area (Å²) in [5.41, 5.74) is 2.22. The maximum atomic E-state index is 13.7. The molecular weight excluding hydrogens is 508 g/mol. The maximum absolute atomic E-state index is 13.7. The Morgan fingerprint density at radius 1 is 1.09 bits per heavy atom. The number of hydrogen-bond donors (Lipinski definition) is 0. The minimum atomic E-state index is -0.748. The molecule has 2 fully saturated rings. The van der Waals surface area contributed by atoms with Crippen LogP contribution in [-0.2, 0) is 20.5 Å². The van der Waals surface area contributed by atoms with Crippen molar-refractivity contribution < 1.29 is 19.1 Å². The lowest BCUT2D eigenvalue weighted by molar-refractivity contribution is -0.134. The molecule has 1 saturated heterocycles. The first kappa shape index (κ1) is 22.3. The molecule has 6 nitrogen and oxygen atoms in total. The summed E-state index contributed by atoms with van der Waals surface area (Å²) in [7, 11) is 0. The third kappa shape index (κ3) is 3.73. The number of halogens is 1. The van der Waals surface area contributed by atoms with Crippen molar-refractivity contribution in [1.82, 2.24) is 9.88 Å². The van der Waals surface area contributed by atoms with Crippen molar-refractivity contribution in [3.63, 3.8) is 0 Å². The van der Waals surface area contributed by atoms with E-state index in [9.17, 15) is 9.59 Å². The summed E-state index contributed by atoms with van der Waals surface area (Å²) in [6, 6.07) is 17.9. The fourth-order valence-corrected chi connectivity index (χ4v) is 5.68. The summed E-state index contributed by atoms with van der Waals surface area (Å²) in [5.74, 6) is 0.539. The second-order valence-electron chi connectivity index (χ2n) is 9.70. The lowest BCUT2D eigenvalue weighted by Crippen LogP contribution is -2.40. The van der Waals surface area contributed by atoms with E-state index in [1.807, 2.05) is 66.4 Å². The van der Waals surface area contributed by atoms with Crippen LogP contribution in [0.1, 0.15) is 59.3 Å². The number of hydrogen-bond acceptors (Lipinski definition) is 5. The van der Waals surface area contributed by atoms with Gasteiger partial charge in [0.25, 0.3) is 0 Å². The van der Waals surface area contributed by atoms with E-state index in [4.69, 9.17) is 9.47 Å². The van der Waals surface area contributed by atoms with Gasteiger partial charge in [0.2, 0.25) is 5.91 Å². The highest BCUT2D eigenvalue weighted by molar-refractivity contribution is 9.10. The molecule has 178 valence electrons. The van der Waals surface area contributed by atoms with Gasteiger partial charge in [0, 0.05) is 35.4 Å². The highest BCUT2D eigenvalue weighted by Gasteiger charge is 2.57. The van der Waals surface area contributed by atoms with E-state index < -0.39 is 11.0 Å². The van der Waals surface area contributed by atoms with E-state index in [1.54, 1.807) is 12.4 Å². The number of amides is 1. The quantitative estimate of drug-likeness (QED) is 0.416. The Labute approximate surface area is 212 Å². The van der Waals surface area contributed by atoms with Gasteiger partial charge < -0.3 is 14.4 Å². The fourth-order valence-electron chi connectivity index (χ4n) is 5.41. The number of ether oxygens (including phenoxy) is 2. The van der Waals surface area contributed by atoms with Gasteiger partial charge in [-0.05, 0) is 61.2 Å². The molecule has 0 N–H and O–H groups in total. The number of nitrogens with zero attached hydrogens (tertiary/aromatic N) is 2. The Bertz CT molecular complexity index is 1300. The van der Waals surface area contributed by atoms with Crippen molar-refractivity contribution in [2.75, 3.05) is 13.1 Å². The predicted octanol–water partition coefficient (Wildman–Crippen LogP) is 5.31.